The van der Waals surface area contributed by atoms with Gasteiger partial charge in [0, 0.05) is 30.6 Å². The summed E-state index contributed by atoms with van der Waals surface area (Å²) in [6.45, 7) is 1.91. The van der Waals surface area contributed by atoms with E-state index in [1.165, 1.54) is 12.0 Å². The predicted octanol–water partition coefficient (Wildman–Crippen LogP) is 3.56. The molecule has 1 atom stereocenters. The van der Waals surface area contributed by atoms with Crippen LogP contribution >= 0.6 is 0 Å². The van der Waals surface area contributed by atoms with Gasteiger partial charge in [-0.3, -0.25) is 14.7 Å². The minimum absolute atomic E-state index is 0.105. The van der Waals surface area contributed by atoms with Gasteiger partial charge in [0.1, 0.15) is 5.82 Å². The molecule has 0 saturated carbocycles. The van der Waals surface area contributed by atoms with Gasteiger partial charge in [0.25, 0.3) is 5.56 Å². The lowest BCUT2D eigenvalue weighted by atomic mass is 9.98. The molecular formula is C21H22N4O. The quantitative estimate of drug-likeness (QED) is 0.785. The van der Waals surface area contributed by atoms with Crippen LogP contribution in [-0.4, -0.2) is 26.4 Å². The van der Waals surface area contributed by atoms with Crippen LogP contribution in [0.15, 0.2) is 65.7 Å². The summed E-state index contributed by atoms with van der Waals surface area (Å²) in [5.74, 6) is 0.611. The lowest BCUT2D eigenvalue weighted by Gasteiger charge is -2.35. The molecule has 1 fully saturated rings. The number of H-pyrrole nitrogens is 1. The molecular weight excluding hydrogens is 324 g/mol. The second kappa shape index (κ2) is 7.62. The van der Waals surface area contributed by atoms with Gasteiger partial charge in [-0.1, -0.05) is 36.8 Å². The first-order valence-corrected chi connectivity index (χ1v) is 9.09. The van der Waals surface area contributed by atoms with Gasteiger partial charge in [0.05, 0.1) is 11.7 Å². The molecule has 2 aromatic heterocycles. The van der Waals surface area contributed by atoms with Crippen molar-refractivity contribution < 1.29 is 0 Å². The van der Waals surface area contributed by atoms with Crippen LogP contribution in [0.5, 0.6) is 0 Å². The summed E-state index contributed by atoms with van der Waals surface area (Å²) in [6.07, 6.45) is 6.80. The van der Waals surface area contributed by atoms with Gasteiger partial charge in [-0.15, -0.1) is 0 Å². The fraction of sp³-hybridized carbons (Fsp3) is 0.286. The van der Waals surface area contributed by atoms with E-state index in [-0.39, 0.29) is 11.6 Å². The van der Waals surface area contributed by atoms with E-state index in [1.54, 1.807) is 18.5 Å². The van der Waals surface area contributed by atoms with Crippen LogP contribution in [0, 0.1) is 0 Å². The normalized spacial score (nSPS) is 17.9. The van der Waals surface area contributed by atoms with Crippen LogP contribution in [0.4, 0.5) is 0 Å². The van der Waals surface area contributed by atoms with Crippen molar-refractivity contribution in [2.75, 3.05) is 6.54 Å². The second-order valence-corrected chi connectivity index (χ2v) is 6.72. The lowest BCUT2D eigenvalue weighted by Crippen LogP contribution is -2.34. The zero-order valence-corrected chi connectivity index (χ0v) is 14.6. The molecule has 1 aromatic carbocycles. The molecule has 3 heterocycles. The minimum Gasteiger partial charge on any atom is -0.307 e. The van der Waals surface area contributed by atoms with Crippen molar-refractivity contribution in [3.05, 3.63) is 82.5 Å². The fourth-order valence-electron chi connectivity index (χ4n) is 3.63. The highest BCUT2D eigenvalue weighted by atomic mass is 16.1. The topological polar surface area (TPSA) is 61.9 Å². The van der Waals surface area contributed by atoms with Gasteiger partial charge >= 0.3 is 0 Å². The van der Waals surface area contributed by atoms with E-state index in [4.69, 9.17) is 4.98 Å². The van der Waals surface area contributed by atoms with Crippen molar-refractivity contribution in [1.29, 1.82) is 0 Å². The third kappa shape index (κ3) is 3.73. The lowest BCUT2D eigenvalue weighted by molar-refractivity contribution is 0.137. The van der Waals surface area contributed by atoms with Crippen LogP contribution in [0.3, 0.4) is 0 Å². The molecule has 0 aliphatic carbocycles. The van der Waals surface area contributed by atoms with E-state index < -0.39 is 0 Å². The number of benzene rings is 1. The molecule has 0 amide bonds. The zero-order valence-electron chi connectivity index (χ0n) is 14.6. The molecule has 1 saturated heterocycles. The molecule has 4 rings (SSSR count). The van der Waals surface area contributed by atoms with Gasteiger partial charge < -0.3 is 4.98 Å². The summed E-state index contributed by atoms with van der Waals surface area (Å²) in [4.78, 5) is 26.4. The smallest absolute Gasteiger partial charge is 0.251 e. The molecule has 3 aromatic rings. The summed E-state index contributed by atoms with van der Waals surface area (Å²) in [5, 5.41) is 0. The molecule has 0 spiro atoms. The van der Waals surface area contributed by atoms with Crippen molar-refractivity contribution in [3.8, 4) is 11.4 Å². The number of aromatic amines is 1. The van der Waals surface area contributed by atoms with Crippen molar-refractivity contribution in [2.45, 2.75) is 31.8 Å². The molecule has 1 N–H and O–H groups in total. The van der Waals surface area contributed by atoms with Crippen molar-refractivity contribution >= 4 is 0 Å². The number of pyridine rings is 1. The van der Waals surface area contributed by atoms with Crippen LogP contribution in [0.2, 0.25) is 0 Å². The molecule has 1 aliphatic heterocycles. The number of nitrogens with zero attached hydrogens (tertiary/aromatic N) is 3. The molecule has 1 unspecified atom stereocenters. The van der Waals surface area contributed by atoms with Gasteiger partial charge in [-0.2, -0.15) is 0 Å². The fourth-order valence-corrected chi connectivity index (χ4v) is 3.63. The number of nitrogens with one attached hydrogen (secondary N) is 1. The number of piperidine rings is 1. The maximum atomic E-state index is 12.3. The molecule has 26 heavy (non-hydrogen) atoms. The maximum absolute atomic E-state index is 12.3. The van der Waals surface area contributed by atoms with Gasteiger partial charge in [0.15, 0.2) is 0 Å². The second-order valence-electron chi connectivity index (χ2n) is 6.72. The Hall–Kier alpha value is -2.79. The van der Waals surface area contributed by atoms with Crippen LogP contribution < -0.4 is 5.56 Å². The number of rotatable bonds is 4. The number of likely N-dealkylation sites (tertiary alicyclic amines) is 1. The van der Waals surface area contributed by atoms with E-state index in [9.17, 15) is 4.79 Å². The monoisotopic (exact) mass is 346 g/mol. The number of hydrogen-bond acceptors (Lipinski definition) is 4. The van der Waals surface area contributed by atoms with E-state index in [1.807, 2.05) is 18.2 Å². The van der Waals surface area contributed by atoms with E-state index >= 15 is 0 Å². The molecule has 0 radical (unpaired) electrons. The standard InChI is InChI=1S/C21H22N4O/c26-20-14-18(23-21(24-20)17-9-11-22-12-10-17)19-8-4-5-13-25(19)15-16-6-2-1-3-7-16/h1-3,6-7,9-12,14,19H,4-5,8,13,15H2,(H,23,24,26). The van der Waals surface area contributed by atoms with Gasteiger partial charge in [-0.05, 0) is 37.1 Å². The first kappa shape index (κ1) is 16.7. The third-order valence-corrected chi connectivity index (χ3v) is 4.90. The Labute approximate surface area is 152 Å². The average Bonchev–Trinajstić information content (AvgIpc) is 2.69. The van der Waals surface area contributed by atoms with Gasteiger partial charge in [0.2, 0.25) is 0 Å². The predicted molar refractivity (Wildman–Crippen MR) is 102 cm³/mol. The van der Waals surface area contributed by atoms with E-state index in [0.717, 1.165) is 37.2 Å². The highest BCUT2D eigenvalue weighted by Crippen LogP contribution is 2.31. The molecule has 1 aliphatic rings. The summed E-state index contributed by atoms with van der Waals surface area (Å²) < 4.78 is 0. The summed E-state index contributed by atoms with van der Waals surface area (Å²) in [6, 6.07) is 16.0. The highest BCUT2D eigenvalue weighted by Gasteiger charge is 2.26. The molecule has 5 heteroatoms. The highest BCUT2D eigenvalue weighted by molar-refractivity contribution is 5.53. The Morgan fingerprint density at radius 3 is 2.69 bits per heavy atom. The maximum Gasteiger partial charge on any atom is 0.251 e. The molecule has 5 nitrogen and oxygen atoms in total. The Morgan fingerprint density at radius 2 is 1.88 bits per heavy atom. The van der Waals surface area contributed by atoms with Crippen molar-refractivity contribution in [3.63, 3.8) is 0 Å². The largest absolute Gasteiger partial charge is 0.307 e. The first-order chi connectivity index (χ1) is 12.8. The molecule has 132 valence electrons. The first-order valence-electron chi connectivity index (χ1n) is 9.09. The summed E-state index contributed by atoms with van der Waals surface area (Å²) in [7, 11) is 0. The minimum atomic E-state index is -0.105. The Kier molecular flexibility index (Phi) is 4.88. The van der Waals surface area contributed by atoms with Crippen molar-refractivity contribution in [2.24, 2.45) is 0 Å². The Morgan fingerprint density at radius 1 is 1.08 bits per heavy atom. The number of hydrogen-bond donors (Lipinski definition) is 1. The summed E-state index contributed by atoms with van der Waals surface area (Å²) >= 11 is 0. The van der Waals surface area contributed by atoms with Crippen LogP contribution in [0.25, 0.3) is 11.4 Å². The molecule has 0 bridgehead atoms. The average molecular weight is 346 g/mol. The Balaban J connectivity index is 1.66. The zero-order chi connectivity index (χ0) is 17.8. The summed E-state index contributed by atoms with van der Waals surface area (Å²) in [5.41, 5.74) is 2.92. The van der Waals surface area contributed by atoms with Crippen LogP contribution in [-0.2, 0) is 6.54 Å². The third-order valence-electron chi connectivity index (χ3n) is 4.90. The Bertz CT molecular complexity index is 908. The van der Waals surface area contributed by atoms with Crippen molar-refractivity contribution in [1.82, 2.24) is 19.9 Å². The SMILES string of the molecule is O=c1cc(C2CCCCN2Cc2ccccc2)nc(-c2ccncc2)[nH]1. The van der Waals surface area contributed by atoms with Gasteiger partial charge in [-0.25, -0.2) is 4.98 Å². The van der Waals surface area contributed by atoms with E-state index in [0.29, 0.717) is 5.82 Å². The number of aromatic nitrogens is 3. The van der Waals surface area contributed by atoms with Crippen LogP contribution in [0.1, 0.15) is 36.6 Å². The van der Waals surface area contributed by atoms with E-state index in [2.05, 4.69) is 39.1 Å².